The average Bonchev–Trinajstić information content (AvgIpc) is 2.16. The van der Waals surface area contributed by atoms with Gasteiger partial charge in [0.05, 0.1) is 6.04 Å². The van der Waals surface area contributed by atoms with Crippen LogP contribution in [0.5, 0.6) is 0 Å². The van der Waals surface area contributed by atoms with Crippen LogP contribution < -0.4 is 11.1 Å². The van der Waals surface area contributed by atoms with Gasteiger partial charge in [-0.2, -0.15) is 0 Å². The predicted octanol–water partition coefficient (Wildman–Crippen LogP) is 0.806. The number of halogens is 1. The summed E-state index contributed by atoms with van der Waals surface area (Å²) in [4.78, 5) is 18.8. The topological polar surface area (TPSA) is 80.9 Å². The molecule has 0 aliphatic rings. The Morgan fingerprint density at radius 1 is 1.71 bits per heavy atom. The zero-order chi connectivity index (χ0) is 10.6. The molecule has 0 aliphatic heterocycles. The van der Waals surface area contributed by atoms with Crippen LogP contribution in [-0.2, 0) is 4.79 Å². The van der Waals surface area contributed by atoms with Crippen LogP contribution in [-0.4, -0.2) is 21.9 Å². The van der Waals surface area contributed by atoms with Gasteiger partial charge in [-0.15, -0.1) is 0 Å². The number of hydrogen-bond donors (Lipinski definition) is 2. The molecule has 0 saturated heterocycles. The van der Waals surface area contributed by atoms with Gasteiger partial charge < -0.3 is 11.1 Å². The fourth-order valence-corrected chi connectivity index (χ4v) is 0.953. The van der Waals surface area contributed by atoms with Crippen LogP contribution in [0.25, 0.3) is 0 Å². The highest BCUT2D eigenvalue weighted by Gasteiger charge is 2.11. The molecule has 1 rings (SSSR count). The third-order valence-electron chi connectivity index (χ3n) is 1.66. The van der Waals surface area contributed by atoms with Gasteiger partial charge in [0.2, 0.25) is 5.91 Å². The quantitative estimate of drug-likeness (QED) is 0.730. The number of nitrogens with zero attached hydrogens (tertiary/aromatic N) is 2. The van der Waals surface area contributed by atoms with Crippen molar-refractivity contribution in [2.75, 3.05) is 5.32 Å². The highest BCUT2D eigenvalue weighted by atomic mass is 35.5. The molecule has 14 heavy (non-hydrogen) atoms. The Labute approximate surface area is 86.7 Å². The van der Waals surface area contributed by atoms with Crippen molar-refractivity contribution >= 4 is 23.3 Å². The van der Waals surface area contributed by atoms with Gasteiger partial charge in [0, 0.05) is 6.07 Å². The number of nitrogens with one attached hydrogen (secondary N) is 1. The minimum Gasteiger partial charge on any atom is -0.320 e. The summed E-state index contributed by atoms with van der Waals surface area (Å²) < 4.78 is 0. The van der Waals surface area contributed by atoms with Crippen molar-refractivity contribution in [3.05, 3.63) is 17.5 Å². The van der Waals surface area contributed by atoms with E-state index in [2.05, 4.69) is 15.3 Å². The maximum absolute atomic E-state index is 11.3. The first kappa shape index (κ1) is 10.9. The first-order valence-corrected chi connectivity index (χ1v) is 4.55. The Morgan fingerprint density at radius 2 is 2.43 bits per heavy atom. The van der Waals surface area contributed by atoms with Crippen molar-refractivity contribution in [1.29, 1.82) is 0 Å². The second kappa shape index (κ2) is 4.88. The summed E-state index contributed by atoms with van der Waals surface area (Å²) in [6.07, 6.45) is 1.85. The average molecular weight is 215 g/mol. The van der Waals surface area contributed by atoms with E-state index in [1.807, 2.05) is 6.92 Å². The van der Waals surface area contributed by atoms with Gasteiger partial charge in [-0.3, -0.25) is 4.79 Å². The number of amides is 1. The molecular weight excluding hydrogens is 204 g/mol. The third-order valence-corrected chi connectivity index (χ3v) is 1.87. The molecule has 0 spiro atoms. The molecule has 1 heterocycles. The summed E-state index contributed by atoms with van der Waals surface area (Å²) in [5.41, 5.74) is 5.51. The van der Waals surface area contributed by atoms with E-state index in [1.165, 1.54) is 12.4 Å². The largest absolute Gasteiger partial charge is 0.320 e. The lowest BCUT2D eigenvalue weighted by Gasteiger charge is -2.08. The van der Waals surface area contributed by atoms with Crippen LogP contribution in [0.2, 0.25) is 5.15 Å². The summed E-state index contributed by atoms with van der Waals surface area (Å²) in [6.45, 7) is 1.83. The summed E-state index contributed by atoms with van der Waals surface area (Å²) in [5.74, 6) is 0.0844. The first-order valence-electron chi connectivity index (χ1n) is 4.17. The van der Waals surface area contributed by atoms with Gasteiger partial charge >= 0.3 is 0 Å². The van der Waals surface area contributed by atoms with Crippen LogP contribution in [0, 0.1) is 0 Å². The van der Waals surface area contributed by atoms with Crippen molar-refractivity contribution in [3.63, 3.8) is 0 Å². The molecule has 1 amide bonds. The molecule has 0 saturated carbocycles. The number of carbonyl (C=O) groups is 1. The lowest BCUT2D eigenvalue weighted by atomic mass is 10.2. The number of rotatable bonds is 3. The van der Waals surface area contributed by atoms with E-state index in [9.17, 15) is 4.79 Å². The first-order chi connectivity index (χ1) is 6.63. The summed E-state index contributed by atoms with van der Waals surface area (Å²) in [5, 5.41) is 2.81. The summed E-state index contributed by atoms with van der Waals surface area (Å²) in [7, 11) is 0. The molecule has 0 unspecified atom stereocenters. The van der Waals surface area contributed by atoms with Crippen molar-refractivity contribution in [1.82, 2.24) is 9.97 Å². The van der Waals surface area contributed by atoms with Crippen molar-refractivity contribution in [2.24, 2.45) is 5.73 Å². The molecule has 76 valence electrons. The van der Waals surface area contributed by atoms with Crippen LogP contribution in [0.4, 0.5) is 5.82 Å². The molecule has 0 fully saturated rings. The van der Waals surface area contributed by atoms with Crippen LogP contribution in [0.3, 0.4) is 0 Å². The Hall–Kier alpha value is -1.20. The normalized spacial score (nSPS) is 12.2. The third kappa shape index (κ3) is 2.93. The fraction of sp³-hybridized carbons (Fsp3) is 0.375. The second-order valence-electron chi connectivity index (χ2n) is 2.73. The summed E-state index contributed by atoms with van der Waals surface area (Å²) >= 11 is 5.61. The molecule has 3 N–H and O–H groups in total. The Morgan fingerprint density at radius 3 is 3.00 bits per heavy atom. The van der Waals surface area contributed by atoms with Gasteiger partial charge in [-0.25, -0.2) is 9.97 Å². The molecule has 0 aliphatic carbocycles. The lowest BCUT2D eigenvalue weighted by molar-refractivity contribution is -0.117. The minimum absolute atomic E-state index is 0.276. The molecule has 1 atom stereocenters. The minimum atomic E-state index is -0.524. The van der Waals surface area contributed by atoms with Gasteiger partial charge in [0.15, 0.2) is 0 Å². The molecule has 0 radical (unpaired) electrons. The number of anilines is 1. The zero-order valence-corrected chi connectivity index (χ0v) is 8.45. The maximum Gasteiger partial charge on any atom is 0.242 e. The SMILES string of the molecule is CC[C@@H](N)C(=O)Nc1cc(Cl)ncn1. The van der Waals surface area contributed by atoms with Gasteiger partial charge in [0.25, 0.3) is 0 Å². The Kier molecular flexibility index (Phi) is 3.79. The molecular formula is C8H11ClN4O. The Bertz CT molecular complexity index is 331. The van der Waals surface area contributed by atoms with E-state index in [1.54, 1.807) is 0 Å². The smallest absolute Gasteiger partial charge is 0.242 e. The number of carbonyl (C=O) groups excluding carboxylic acids is 1. The predicted molar refractivity (Wildman–Crippen MR) is 53.9 cm³/mol. The van der Waals surface area contributed by atoms with Crippen molar-refractivity contribution in [2.45, 2.75) is 19.4 Å². The van der Waals surface area contributed by atoms with Crippen LogP contribution >= 0.6 is 11.6 Å². The molecule has 5 nitrogen and oxygen atoms in total. The lowest BCUT2D eigenvalue weighted by Crippen LogP contribution is -2.35. The van der Waals surface area contributed by atoms with Crippen molar-refractivity contribution in [3.8, 4) is 0 Å². The molecule has 0 aromatic carbocycles. The maximum atomic E-state index is 11.3. The molecule has 6 heteroatoms. The highest BCUT2D eigenvalue weighted by molar-refractivity contribution is 6.29. The van der Waals surface area contributed by atoms with E-state index in [0.717, 1.165) is 0 Å². The molecule has 0 bridgehead atoms. The standard InChI is InChI=1S/C8H11ClN4O/c1-2-5(10)8(14)13-7-3-6(9)11-4-12-7/h3-5H,2,10H2,1H3,(H,11,12,13,14)/t5-/m1/s1. The van der Waals surface area contributed by atoms with Crippen LogP contribution in [0.15, 0.2) is 12.4 Å². The second-order valence-corrected chi connectivity index (χ2v) is 3.12. The fourth-order valence-electron chi connectivity index (χ4n) is 0.806. The summed E-state index contributed by atoms with van der Waals surface area (Å²) in [6, 6.07) is 0.936. The Balaban J connectivity index is 2.65. The van der Waals surface area contributed by atoms with Crippen LogP contribution in [0.1, 0.15) is 13.3 Å². The van der Waals surface area contributed by atoms with Crippen molar-refractivity contribution < 1.29 is 4.79 Å². The number of hydrogen-bond acceptors (Lipinski definition) is 4. The zero-order valence-electron chi connectivity index (χ0n) is 7.70. The molecule has 1 aromatic rings. The number of nitrogens with two attached hydrogens (primary N) is 1. The monoisotopic (exact) mass is 214 g/mol. The molecule has 1 aromatic heterocycles. The van der Waals surface area contributed by atoms with Gasteiger partial charge in [-0.05, 0) is 6.42 Å². The van der Waals surface area contributed by atoms with Gasteiger partial charge in [0.1, 0.15) is 17.3 Å². The van der Waals surface area contributed by atoms with Gasteiger partial charge in [-0.1, -0.05) is 18.5 Å². The van der Waals surface area contributed by atoms with E-state index in [4.69, 9.17) is 17.3 Å². The van der Waals surface area contributed by atoms with E-state index < -0.39 is 6.04 Å². The van der Waals surface area contributed by atoms with E-state index >= 15 is 0 Å². The number of aromatic nitrogens is 2. The highest BCUT2D eigenvalue weighted by Crippen LogP contribution is 2.08. The van der Waals surface area contributed by atoms with E-state index in [-0.39, 0.29) is 11.1 Å². The van der Waals surface area contributed by atoms with E-state index in [0.29, 0.717) is 12.2 Å².